The first-order valence-electron chi connectivity index (χ1n) is 7.69. The van der Waals surface area contributed by atoms with Gasteiger partial charge in [0.15, 0.2) is 11.6 Å². The number of aliphatic hydroxyl groups is 1. The Morgan fingerprint density at radius 1 is 1.25 bits per heavy atom. The first-order chi connectivity index (χ1) is 11.5. The molecule has 2 amide bonds. The summed E-state index contributed by atoms with van der Waals surface area (Å²) in [6.07, 6.45) is -0.0696. The van der Waals surface area contributed by atoms with Crippen LogP contribution in [-0.2, 0) is 0 Å². The molecular weight excluding hydrogens is 311 g/mol. The van der Waals surface area contributed by atoms with Crippen molar-refractivity contribution in [3.63, 3.8) is 0 Å². The number of amides is 2. The SMILES string of the molecule is C[C@@H](O)CCN(C)C(=O)Nc1c(F)cccc1Oc1ccccc1. The van der Waals surface area contributed by atoms with E-state index >= 15 is 0 Å². The number of urea groups is 1. The van der Waals surface area contributed by atoms with Gasteiger partial charge in [-0.2, -0.15) is 0 Å². The van der Waals surface area contributed by atoms with Crippen LogP contribution in [-0.4, -0.2) is 35.7 Å². The van der Waals surface area contributed by atoms with E-state index in [1.54, 1.807) is 44.3 Å². The lowest BCUT2D eigenvalue weighted by atomic mass is 10.2. The molecule has 0 spiro atoms. The highest BCUT2D eigenvalue weighted by Gasteiger charge is 2.16. The van der Waals surface area contributed by atoms with E-state index in [9.17, 15) is 14.3 Å². The van der Waals surface area contributed by atoms with E-state index in [0.717, 1.165) is 0 Å². The molecular formula is C18H21FN2O3. The van der Waals surface area contributed by atoms with Gasteiger partial charge in [-0.1, -0.05) is 24.3 Å². The third-order valence-electron chi connectivity index (χ3n) is 3.41. The molecule has 0 aliphatic rings. The summed E-state index contributed by atoms with van der Waals surface area (Å²) in [5.41, 5.74) is -0.0183. The number of benzene rings is 2. The van der Waals surface area contributed by atoms with E-state index < -0.39 is 18.0 Å². The van der Waals surface area contributed by atoms with Crippen LogP contribution in [0.5, 0.6) is 11.5 Å². The van der Waals surface area contributed by atoms with Gasteiger partial charge in [0.2, 0.25) is 0 Å². The lowest BCUT2D eigenvalue weighted by Gasteiger charge is -2.20. The average Bonchev–Trinajstić information content (AvgIpc) is 2.56. The largest absolute Gasteiger partial charge is 0.455 e. The van der Waals surface area contributed by atoms with Crippen LogP contribution in [0, 0.1) is 5.82 Å². The van der Waals surface area contributed by atoms with Crippen molar-refractivity contribution in [1.29, 1.82) is 0 Å². The molecule has 0 unspecified atom stereocenters. The summed E-state index contributed by atoms with van der Waals surface area (Å²) in [4.78, 5) is 13.6. The molecule has 0 aliphatic heterocycles. The van der Waals surface area contributed by atoms with Crippen LogP contribution in [0.15, 0.2) is 48.5 Å². The topological polar surface area (TPSA) is 61.8 Å². The van der Waals surface area contributed by atoms with Crippen LogP contribution in [0.1, 0.15) is 13.3 Å². The highest BCUT2D eigenvalue weighted by Crippen LogP contribution is 2.31. The van der Waals surface area contributed by atoms with Crippen molar-refractivity contribution in [3.8, 4) is 11.5 Å². The van der Waals surface area contributed by atoms with Gasteiger partial charge < -0.3 is 20.1 Å². The summed E-state index contributed by atoms with van der Waals surface area (Å²) >= 11 is 0. The third kappa shape index (κ3) is 4.96. The van der Waals surface area contributed by atoms with Gasteiger partial charge in [0.1, 0.15) is 11.4 Å². The molecule has 0 fully saturated rings. The fraction of sp³-hybridized carbons (Fsp3) is 0.278. The zero-order chi connectivity index (χ0) is 17.5. The summed E-state index contributed by atoms with van der Waals surface area (Å²) in [6.45, 7) is 2.00. The van der Waals surface area contributed by atoms with E-state index in [2.05, 4.69) is 5.32 Å². The number of para-hydroxylation sites is 2. The van der Waals surface area contributed by atoms with Crippen molar-refractivity contribution in [2.24, 2.45) is 0 Å². The minimum absolute atomic E-state index is 0.0183. The number of ether oxygens (including phenoxy) is 1. The molecule has 128 valence electrons. The quantitative estimate of drug-likeness (QED) is 0.844. The molecule has 24 heavy (non-hydrogen) atoms. The predicted octanol–water partition coefficient (Wildman–Crippen LogP) is 3.85. The normalized spacial score (nSPS) is 11.7. The van der Waals surface area contributed by atoms with Gasteiger partial charge in [-0.3, -0.25) is 0 Å². The molecule has 2 aromatic rings. The Morgan fingerprint density at radius 3 is 2.62 bits per heavy atom. The second kappa shape index (κ2) is 8.31. The van der Waals surface area contributed by atoms with Crippen molar-refractivity contribution in [2.75, 3.05) is 18.9 Å². The van der Waals surface area contributed by atoms with Gasteiger partial charge in [0, 0.05) is 13.6 Å². The highest BCUT2D eigenvalue weighted by atomic mass is 19.1. The second-order valence-corrected chi connectivity index (χ2v) is 5.52. The molecule has 0 aliphatic carbocycles. The number of nitrogens with zero attached hydrogens (tertiary/aromatic N) is 1. The van der Waals surface area contributed by atoms with Crippen LogP contribution in [0.2, 0.25) is 0 Å². The monoisotopic (exact) mass is 332 g/mol. The molecule has 0 heterocycles. The number of carbonyl (C=O) groups is 1. The Kier molecular flexibility index (Phi) is 6.14. The third-order valence-corrected chi connectivity index (χ3v) is 3.41. The van der Waals surface area contributed by atoms with E-state index in [1.165, 1.54) is 17.0 Å². The molecule has 0 bridgehead atoms. The van der Waals surface area contributed by atoms with Crippen LogP contribution >= 0.6 is 0 Å². The molecule has 2 rings (SSSR count). The summed E-state index contributed by atoms with van der Waals surface area (Å²) in [7, 11) is 1.58. The number of aliphatic hydroxyl groups excluding tert-OH is 1. The molecule has 2 N–H and O–H groups in total. The minimum atomic E-state index is -0.583. The van der Waals surface area contributed by atoms with Crippen molar-refractivity contribution in [1.82, 2.24) is 4.90 Å². The molecule has 0 aromatic heterocycles. The number of hydrogen-bond donors (Lipinski definition) is 2. The summed E-state index contributed by atoms with van der Waals surface area (Å²) in [5.74, 6) is 0.181. The maximum Gasteiger partial charge on any atom is 0.321 e. The van der Waals surface area contributed by atoms with Gasteiger partial charge in [-0.15, -0.1) is 0 Å². The first-order valence-corrected chi connectivity index (χ1v) is 7.69. The number of carbonyl (C=O) groups excluding carboxylic acids is 1. The van der Waals surface area contributed by atoms with Gasteiger partial charge >= 0.3 is 6.03 Å². The minimum Gasteiger partial charge on any atom is -0.455 e. The fourth-order valence-electron chi connectivity index (χ4n) is 2.01. The lowest BCUT2D eigenvalue weighted by Crippen LogP contribution is -2.33. The Balaban J connectivity index is 2.13. The first kappa shape index (κ1) is 17.7. The van der Waals surface area contributed by atoms with Crippen LogP contribution in [0.3, 0.4) is 0 Å². The molecule has 6 heteroatoms. The van der Waals surface area contributed by atoms with Gasteiger partial charge in [-0.05, 0) is 37.6 Å². The van der Waals surface area contributed by atoms with Crippen LogP contribution in [0.4, 0.5) is 14.9 Å². The van der Waals surface area contributed by atoms with E-state index in [-0.39, 0.29) is 11.4 Å². The van der Waals surface area contributed by atoms with Crippen molar-refractivity contribution in [2.45, 2.75) is 19.4 Å². The van der Waals surface area contributed by atoms with Crippen molar-refractivity contribution < 1.29 is 19.0 Å². The van der Waals surface area contributed by atoms with Crippen molar-refractivity contribution in [3.05, 3.63) is 54.3 Å². The zero-order valence-corrected chi connectivity index (χ0v) is 13.7. The van der Waals surface area contributed by atoms with E-state index in [4.69, 9.17) is 4.74 Å². The molecule has 1 atom stereocenters. The number of hydrogen-bond acceptors (Lipinski definition) is 3. The Bertz CT molecular complexity index is 677. The average molecular weight is 332 g/mol. The molecule has 5 nitrogen and oxygen atoms in total. The standard InChI is InChI=1S/C18H21FN2O3/c1-13(22)11-12-21(2)18(23)20-17-15(19)9-6-10-16(17)24-14-7-4-3-5-8-14/h3-10,13,22H,11-12H2,1-2H3,(H,20,23)/t13-/m1/s1. The Labute approximate surface area is 140 Å². The Hall–Kier alpha value is -2.60. The number of rotatable bonds is 6. The van der Waals surface area contributed by atoms with E-state index in [1.807, 2.05) is 6.07 Å². The fourth-order valence-corrected chi connectivity index (χ4v) is 2.01. The van der Waals surface area contributed by atoms with Gasteiger partial charge in [-0.25, -0.2) is 9.18 Å². The number of nitrogens with one attached hydrogen (secondary N) is 1. The molecule has 0 saturated heterocycles. The predicted molar refractivity (Wildman–Crippen MR) is 90.9 cm³/mol. The molecule has 0 radical (unpaired) electrons. The summed E-state index contributed by atoms with van der Waals surface area (Å²) in [5, 5.41) is 11.8. The Morgan fingerprint density at radius 2 is 1.96 bits per heavy atom. The number of anilines is 1. The highest BCUT2D eigenvalue weighted by molar-refractivity contribution is 5.91. The summed E-state index contributed by atoms with van der Waals surface area (Å²) < 4.78 is 19.8. The van der Waals surface area contributed by atoms with Crippen molar-refractivity contribution >= 4 is 11.7 Å². The zero-order valence-electron chi connectivity index (χ0n) is 13.7. The van der Waals surface area contributed by atoms with E-state index in [0.29, 0.717) is 18.7 Å². The lowest BCUT2D eigenvalue weighted by molar-refractivity contribution is 0.167. The van der Waals surface area contributed by atoms with Crippen LogP contribution < -0.4 is 10.1 Å². The van der Waals surface area contributed by atoms with Crippen LogP contribution in [0.25, 0.3) is 0 Å². The smallest absolute Gasteiger partial charge is 0.321 e. The van der Waals surface area contributed by atoms with Gasteiger partial charge in [0.25, 0.3) is 0 Å². The maximum absolute atomic E-state index is 14.1. The van der Waals surface area contributed by atoms with Gasteiger partial charge in [0.05, 0.1) is 6.10 Å². The number of halogens is 1. The second-order valence-electron chi connectivity index (χ2n) is 5.52. The summed E-state index contributed by atoms with van der Waals surface area (Å²) in [6, 6.07) is 12.8. The maximum atomic E-state index is 14.1. The molecule has 2 aromatic carbocycles. The molecule has 0 saturated carbocycles.